The monoisotopic (exact) mass is 125 g/mol. The first kappa shape index (κ1) is 8.26. The molecule has 0 heterocycles. The standard InChI is InChI=1S/C6H11.Ca.2H/c1-2-4-6-5-3-1;;;/h1H,2-6H2;;;. The van der Waals surface area contributed by atoms with Crippen LogP contribution in [0.4, 0.5) is 0 Å². The van der Waals surface area contributed by atoms with Crippen LogP contribution in [-0.2, 0) is 0 Å². The van der Waals surface area contributed by atoms with Gasteiger partial charge in [-0.15, -0.1) is 0 Å². The number of rotatable bonds is 0. The van der Waals surface area contributed by atoms with Gasteiger partial charge in [-0.1, -0.05) is 32.1 Å². The van der Waals surface area contributed by atoms with Gasteiger partial charge in [0, 0.05) is 0 Å². The van der Waals surface area contributed by atoms with Crippen molar-refractivity contribution in [3.8, 4) is 0 Å². The molecular formula is C6H13Ca. The van der Waals surface area contributed by atoms with Gasteiger partial charge < -0.3 is 0 Å². The Morgan fingerprint density at radius 1 is 0.857 bits per heavy atom. The van der Waals surface area contributed by atoms with Gasteiger partial charge in [0.1, 0.15) is 0 Å². The summed E-state index contributed by atoms with van der Waals surface area (Å²) in [5.74, 6) is 0. The molecule has 1 aliphatic rings. The summed E-state index contributed by atoms with van der Waals surface area (Å²) in [5, 5.41) is 0. The average molecular weight is 125 g/mol. The molecule has 1 heteroatoms. The van der Waals surface area contributed by atoms with Crippen molar-refractivity contribution in [3.05, 3.63) is 6.42 Å². The first-order valence-corrected chi connectivity index (χ1v) is 2.82. The van der Waals surface area contributed by atoms with Gasteiger partial charge in [-0.3, -0.25) is 0 Å². The summed E-state index contributed by atoms with van der Waals surface area (Å²) in [6.45, 7) is 0. The minimum absolute atomic E-state index is 0. The van der Waals surface area contributed by atoms with Crippen molar-refractivity contribution in [2.24, 2.45) is 0 Å². The van der Waals surface area contributed by atoms with Gasteiger partial charge in [-0.05, 0) is 6.42 Å². The molecule has 0 spiro atoms. The van der Waals surface area contributed by atoms with E-state index in [0.717, 1.165) is 0 Å². The van der Waals surface area contributed by atoms with Crippen molar-refractivity contribution in [1.82, 2.24) is 0 Å². The molecule has 0 atom stereocenters. The second kappa shape index (κ2) is 5.40. The normalized spacial score (nSPS) is 20.6. The molecule has 0 nitrogen and oxygen atoms in total. The Balaban J connectivity index is 0.000000360. The maximum atomic E-state index is 2.39. The van der Waals surface area contributed by atoms with E-state index in [4.69, 9.17) is 0 Å². The van der Waals surface area contributed by atoms with Crippen molar-refractivity contribution in [1.29, 1.82) is 0 Å². The van der Waals surface area contributed by atoms with Crippen molar-refractivity contribution in [2.75, 3.05) is 0 Å². The average Bonchev–Trinajstić information content (AvgIpc) is 1.72. The fraction of sp³-hybridized carbons (Fsp3) is 0.833. The molecule has 1 radical (unpaired) electrons. The Bertz CT molecular complexity index is 19.7. The third-order valence-electron chi connectivity index (χ3n) is 1.32. The second-order valence-electron chi connectivity index (χ2n) is 1.93. The van der Waals surface area contributed by atoms with Crippen molar-refractivity contribution < 1.29 is 0 Å². The van der Waals surface area contributed by atoms with E-state index >= 15 is 0 Å². The first-order chi connectivity index (χ1) is 3.00. The number of hydrogen-bond acceptors (Lipinski definition) is 0. The van der Waals surface area contributed by atoms with Gasteiger partial charge in [-0.25, -0.2) is 0 Å². The van der Waals surface area contributed by atoms with Crippen molar-refractivity contribution >= 4 is 37.7 Å². The van der Waals surface area contributed by atoms with Crippen LogP contribution in [-0.4, -0.2) is 37.7 Å². The third-order valence-corrected chi connectivity index (χ3v) is 1.32. The van der Waals surface area contributed by atoms with Gasteiger partial charge in [0.05, 0.1) is 0 Å². The van der Waals surface area contributed by atoms with E-state index in [-0.39, 0.29) is 37.7 Å². The van der Waals surface area contributed by atoms with Gasteiger partial charge in [0.2, 0.25) is 0 Å². The van der Waals surface area contributed by atoms with E-state index in [2.05, 4.69) is 6.42 Å². The summed E-state index contributed by atoms with van der Waals surface area (Å²) in [6.07, 6.45) is 9.50. The van der Waals surface area contributed by atoms with Crippen molar-refractivity contribution in [3.63, 3.8) is 0 Å². The van der Waals surface area contributed by atoms with E-state index in [1.165, 1.54) is 32.1 Å². The second-order valence-corrected chi connectivity index (χ2v) is 1.93. The molecule has 7 heavy (non-hydrogen) atoms. The topological polar surface area (TPSA) is 0 Å². The Labute approximate surface area is 75.7 Å². The van der Waals surface area contributed by atoms with E-state index in [0.29, 0.717) is 0 Å². The van der Waals surface area contributed by atoms with Crippen LogP contribution in [0.1, 0.15) is 32.1 Å². The van der Waals surface area contributed by atoms with E-state index < -0.39 is 0 Å². The molecular weight excluding hydrogens is 112 g/mol. The maximum absolute atomic E-state index is 2.39. The van der Waals surface area contributed by atoms with Crippen LogP contribution < -0.4 is 0 Å². The minimum atomic E-state index is 0. The van der Waals surface area contributed by atoms with Crippen LogP contribution in [0.25, 0.3) is 0 Å². The summed E-state index contributed by atoms with van der Waals surface area (Å²) < 4.78 is 0. The zero-order valence-corrected chi connectivity index (χ0v) is 4.11. The van der Waals surface area contributed by atoms with E-state index in [1.54, 1.807) is 0 Å². The Hall–Kier alpha value is 1.26. The van der Waals surface area contributed by atoms with E-state index in [9.17, 15) is 0 Å². The zero-order valence-electron chi connectivity index (χ0n) is 4.11. The molecule has 0 bridgehead atoms. The van der Waals surface area contributed by atoms with E-state index in [1.807, 2.05) is 0 Å². The first-order valence-electron chi connectivity index (χ1n) is 2.82. The fourth-order valence-electron chi connectivity index (χ4n) is 0.898. The molecule has 0 aliphatic heterocycles. The fourth-order valence-corrected chi connectivity index (χ4v) is 0.898. The van der Waals surface area contributed by atoms with Gasteiger partial charge in [0.25, 0.3) is 0 Å². The molecule has 1 rings (SSSR count). The quantitative estimate of drug-likeness (QED) is 0.427. The molecule has 1 fully saturated rings. The van der Waals surface area contributed by atoms with Crippen LogP contribution in [0.3, 0.4) is 0 Å². The van der Waals surface area contributed by atoms with Crippen LogP contribution >= 0.6 is 0 Å². The summed E-state index contributed by atoms with van der Waals surface area (Å²) in [4.78, 5) is 0. The molecule has 0 N–H and O–H groups in total. The predicted octanol–water partition coefficient (Wildman–Crippen LogP) is 1.24. The predicted molar refractivity (Wildman–Crippen MR) is 35.9 cm³/mol. The van der Waals surface area contributed by atoms with Gasteiger partial charge in [-0.2, -0.15) is 0 Å². The summed E-state index contributed by atoms with van der Waals surface area (Å²) in [5.41, 5.74) is 0. The Kier molecular flexibility index (Phi) is 6.37. The van der Waals surface area contributed by atoms with Crippen molar-refractivity contribution in [2.45, 2.75) is 32.1 Å². The molecule has 0 aromatic rings. The molecule has 0 aromatic carbocycles. The van der Waals surface area contributed by atoms with Crippen LogP contribution in [0.5, 0.6) is 0 Å². The summed E-state index contributed by atoms with van der Waals surface area (Å²) >= 11 is 0. The van der Waals surface area contributed by atoms with Crippen LogP contribution in [0.2, 0.25) is 0 Å². The molecule has 0 aromatic heterocycles. The molecule has 1 saturated carbocycles. The Morgan fingerprint density at radius 2 is 1.43 bits per heavy atom. The third kappa shape index (κ3) is 3.81. The molecule has 0 unspecified atom stereocenters. The summed E-state index contributed by atoms with van der Waals surface area (Å²) in [6, 6.07) is 0. The molecule has 1 aliphatic carbocycles. The summed E-state index contributed by atoms with van der Waals surface area (Å²) in [7, 11) is 0. The molecule has 39 valence electrons. The molecule has 0 saturated heterocycles. The Morgan fingerprint density at radius 3 is 1.57 bits per heavy atom. The van der Waals surface area contributed by atoms with Crippen LogP contribution in [0, 0.1) is 6.42 Å². The van der Waals surface area contributed by atoms with Crippen LogP contribution in [0.15, 0.2) is 0 Å². The number of hydrogen-bond donors (Lipinski definition) is 0. The molecule has 0 amide bonds. The SMILES string of the molecule is [CH]1CCCCC1.[CaH2]. The van der Waals surface area contributed by atoms with Gasteiger partial charge in [0.15, 0.2) is 0 Å². The van der Waals surface area contributed by atoms with Gasteiger partial charge >= 0.3 is 37.7 Å². The zero-order chi connectivity index (χ0) is 4.24.